The van der Waals surface area contributed by atoms with Crippen LogP contribution < -0.4 is 5.32 Å². The van der Waals surface area contributed by atoms with Gasteiger partial charge in [0.15, 0.2) is 0 Å². The summed E-state index contributed by atoms with van der Waals surface area (Å²) in [4.78, 5) is 0. The number of nitrogens with one attached hydrogen (secondary N) is 1. The zero-order valence-corrected chi connectivity index (χ0v) is 12.6. The monoisotopic (exact) mass is 267 g/mol. The summed E-state index contributed by atoms with van der Waals surface area (Å²) in [6.07, 6.45) is 11.1. The first kappa shape index (κ1) is 13.9. The van der Waals surface area contributed by atoms with Gasteiger partial charge in [0.2, 0.25) is 0 Å². The fraction of sp³-hybridized carbons (Fsp3) is 0.786. The second-order valence-electron chi connectivity index (χ2n) is 5.43. The van der Waals surface area contributed by atoms with Crippen LogP contribution in [0.1, 0.15) is 50.8 Å². The van der Waals surface area contributed by atoms with Crippen LogP contribution in [0.25, 0.3) is 0 Å². The van der Waals surface area contributed by atoms with Gasteiger partial charge in [-0.15, -0.1) is 0 Å². The summed E-state index contributed by atoms with van der Waals surface area (Å²) in [5, 5.41) is 7.95. The molecule has 0 bridgehead atoms. The summed E-state index contributed by atoms with van der Waals surface area (Å²) in [7, 11) is 2.01. The molecule has 0 aromatic carbocycles. The molecule has 1 atom stereocenters. The van der Waals surface area contributed by atoms with Gasteiger partial charge in [-0.3, -0.25) is 4.68 Å². The van der Waals surface area contributed by atoms with Crippen LogP contribution in [-0.4, -0.2) is 27.3 Å². The lowest BCUT2D eigenvalue weighted by Crippen LogP contribution is -2.40. The molecule has 1 heterocycles. The molecule has 102 valence electrons. The van der Waals surface area contributed by atoms with E-state index in [0.29, 0.717) is 10.8 Å². The summed E-state index contributed by atoms with van der Waals surface area (Å²) >= 11 is 2.05. The SMILES string of the molecule is CSC1(CNC(C)c2ccnn2C)CCCCC1. The van der Waals surface area contributed by atoms with Crippen molar-refractivity contribution < 1.29 is 0 Å². The van der Waals surface area contributed by atoms with Gasteiger partial charge >= 0.3 is 0 Å². The summed E-state index contributed by atoms with van der Waals surface area (Å²) < 4.78 is 2.43. The lowest BCUT2D eigenvalue weighted by molar-refractivity contribution is 0.364. The topological polar surface area (TPSA) is 29.9 Å². The van der Waals surface area contributed by atoms with Crippen molar-refractivity contribution in [2.24, 2.45) is 7.05 Å². The highest BCUT2D eigenvalue weighted by atomic mass is 32.2. The fourth-order valence-corrected chi connectivity index (χ4v) is 3.83. The molecular formula is C14H25N3S. The molecule has 2 rings (SSSR count). The van der Waals surface area contributed by atoms with Crippen molar-refractivity contribution in [2.45, 2.75) is 49.8 Å². The molecule has 0 amide bonds. The first-order valence-corrected chi connectivity index (χ1v) is 8.16. The lowest BCUT2D eigenvalue weighted by Gasteiger charge is -2.37. The Balaban J connectivity index is 1.92. The summed E-state index contributed by atoms with van der Waals surface area (Å²) in [6.45, 7) is 3.34. The summed E-state index contributed by atoms with van der Waals surface area (Å²) in [5.41, 5.74) is 1.27. The van der Waals surface area contributed by atoms with Crippen LogP contribution in [0.5, 0.6) is 0 Å². The highest BCUT2D eigenvalue weighted by Crippen LogP contribution is 2.38. The van der Waals surface area contributed by atoms with Crippen LogP contribution in [0.15, 0.2) is 12.3 Å². The van der Waals surface area contributed by atoms with Crippen molar-refractivity contribution in [3.05, 3.63) is 18.0 Å². The van der Waals surface area contributed by atoms with Gasteiger partial charge in [0, 0.05) is 30.6 Å². The van der Waals surface area contributed by atoms with E-state index in [4.69, 9.17) is 0 Å². The molecular weight excluding hydrogens is 242 g/mol. The maximum absolute atomic E-state index is 4.24. The number of rotatable bonds is 5. The van der Waals surface area contributed by atoms with Crippen molar-refractivity contribution in [3.63, 3.8) is 0 Å². The molecule has 4 heteroatoms. The molecule has 1 fully saturated rings. The molecule has 0 radical (unpaired) electrons. The maximum Gasteiger partial charge on any atom is 0.0547 e. The predicted octanol–water partition coefficient (Wildman–Crippen LogP) is 3.14. The van der Waals surface area contributed by atoms with E-state index < -0.39 is 0 Å². The second-order valence-corrected chi connectivity index (χ2v) is 6.70. The van der Waals surface area contributed by atoms with Crippen molar-refractivity contribution in [1.82, 2.24) is 15.1 Å². The Hall–Kier alpha value is -0.480. The van der Waals surface area contributed by atoms with Crippen molar-refractivity contribution >= 4 is 11.8 Å². The zero-order valence-electron chi connectivity index (χ0n) is 11.8. The van der Waals surface area contributed by atoms with Crippen LogP contribution in [0.3, 0.4) is 0 Å². The average Bonchev–Trinajstić information content (AvgIpc) is 2.83. The van der Waals surface area contributed by atoms with Gasteiger partial charge in [-0.05, 0) is 32.1 Å². The Labute approximate surface area is 115 Å². The van der Waals surface area contributed by atoms with E-state index in [9.17, 15) is 0 Å². The van der Waals surface area contributed by atoms with E-state index in [1.807, 2.05) is 17.9 Å². The third-order valence-corrected chi connectivity index (χ3v) is 5.65. The molecule has 1 unspecified atom stereocenters. The molecule has 0 aliphatic heterocycles. The first-order valence-electron chi connectivity index (χ1n) is 6.93. The number of hydrogen-bond acceptors (Lipinski definition) is 3. The van der Waals surface area contributed by atoms with Crippen LogP contribution in [-0.2, 0) is 7.05 Å². The molecule has 0 spiro atoms. The van der Waals surface area contributed by atoms with E-state index >= 15 is 0 Å². The van der Waals surface area contributed by atoms with Gasteiger partial charge in [0.05, 0.1) is 5.69 Å². The zero-order chi connectivity index (χ0) is 13.0. The number of nitrogens with zero attached hydrogens (tertiary/aromatic N) is 2. The van der Waals surface area contributed by atoms with E-state index in [2.05, 4.69) is 41.4 Å². The Morgan fingerprint density at radius 2 is 2.17 bits per heavy atom. The van der Waals surface area contributed by atoms with E-state index in [1.165, 1.54) is 37.8 Å². The van der Waals surface area contributed by atoms with E-state index in [1.54, 1.807) is 0 Å². The molecule has 1 aliphatic carbocycles. The third kappa shape index (κ3) is 3.09. The molecule has 18 heavy (non-hydrogen) atoms. The first-order chi connectivity index (χ1) is 8.67. The lowest BCUT2D eigenvalue weighted by atomic mass is 9.88. The van der Waals surface area contributed by atoms with Gasteiger partial charge in [-0.25, -0.2) is 0 Å². The Bertz CT molecular complexity index is 369. The molecule has 1 saturated carbocycles. The summed E-state index contributed by atoms with van der Waals surface area (Å²) in [5.74, 6) is 0. The number of thioether (sulfide) groups is 1. The molecule has 1 aromatic heterocycles. The van der Waals surface area contributed by atoms with Gasteiger partial charge in [0.25, 0.3) is 0 Å². The fourth-order valence-electron chi connectivity index (χ4n) is 2.90. The molecule has 1 aromatic rings. The van der Waals surface area contributed by atoms with Crippen LogP contribution in [0.4, 0.5) is 0 Å². The van der Waals surface area contributed by atoms with Crippen molar-refractivity contribution in [1.29, 1.82) is 0 Å². The smallest absolute Gasteiger partial charge is 0.0547 e. The van der Waals surface area contributed by atoms with Crippen molar-refractivity contribution in [3.8, 4) is 0 Å². The van der Waals surface area contributed by atoms with Gasteiger partial charge in [-0.2, -0.15) is 16.9 Å². The van der Waals surface area contributed by atoms with E-state index in [0.717, 1.165) is 6.54 Å². The van der Waals surface area contributed by atoms with Crippen LogP contribution in [0.2, 0.25) is 0 Å². The normalized spacial score (nSPS) is 20.8. The third-order valence-electron chi connectivity index (χ3n) is 4.23. The van der Waals surface area contributed by atoms with Gasteiger partial charge in [0.1, 0.15) is 0 Å². The van der Waals surface area contributed by atoms with E-state index in [-0.39, 0.29) is 0 Å². The quantitative estimate of drug-likeness (QED) is 0.889. The molecule has 1 N–H and O–H groups in total. The second kappa shape index (κ2) is 6.11. The Morgan fingerprint density at radius 3 is 2.72 bits per heavy atom. The number of aryl methyl sites for hydroxylation is 1. The maximum atomic E-state index is 4.24. The largest absolute Gasteiger partial charge is 0.307 e. The van der Waals surface area contributed by atoms with Crippen molar-refractivity contribution in [2.75, 3.05) is 12.8 Å². The average molecular weight is 267 g/mol. The van der Waals surface area contributed by atoms with Crippen LogP contribution >= 0.6 is 11.8 Å². The highest BCUT2D eigenvalue weighted by Gasteiger charge is 2.31. The van der Waals surface area contributed by atoms with Crippen LogP contribution in [0, 0.1) is 0 Å². The van der Waals surface area contributed by atoms with Gasteiger partial charge < -0.3 is 5.32 Å². The minimum atomic E-state index is 0.378. The summed E-state index contributed by atoms with van der Waals surface area (Å²) in [6, 6.07) is 2.48. The minimum absolute atomic E-state index is 0.378. The number of aromatic nitrogens is 2. The standard InChI is InChI=1S/C14H25N3S/c1-12(13-7-10-16-17(13)2)15-11-14(18-3)8-5-4-6-9-14/h7,10,12,15H,4-6,8-9,11H2,1-3H3. The highest BCUT2D eigenvalue weighted by molar-refractivity contribution is 8.00. The minimum Gasteiger partial charge on any atom is -0.307 e. The molecule has 1 aliphatic rings. The number of hydrogen-bond donors (Lipinski definition) is 1. The molecule has 3 nitrogen and oxygen atoms in total. The Morgan fingerprint density at radius 1 is 1.44 bits per heavy atom. The molecule has 0 saturated heterocycles. The van der Waals surface area contributed by atoms with Gasteiger partial charge in [-0.1, -0.05) is 19.3 Å². The Kier molecular flexibility index (Phi) is 4.73. The predicted molar refractivity (Wildman–Crippen MR) is 79.0 cm³/mol.